The molecule has 0 aliphatic carbocycles. The number of fused-ring (bicyclic) bond motifs is 1. The van der Waals surface area contributed by atoms with Crippen LogP contribution >= 0.6 is 0 Å². The molecule has 0 fully saturated rings. The third-order valence-corrected chi connectivity index (χ3v) is 4.51. The Morgan fingerprint density at radius 1 is 1.08 bits per heavy atom. The van der Waals surface area contributed by atoms with E-state index < -0.39 is 0 Å². The van der Waals surface area contributed by atoms with Gasteiger partial charge in [0.1, 0.15) is 0 Å². The van der Waals surface area contributed by atoms with Crippen molar-refractivity contribution in [1.82, 2.24) is 4.90 Å². The van der Waals surface area contributed by atoms with Crippen molar-refractivity contribution in [3.8, 4) is 11.5 Å². The van der Waals surface area contributed by atoms with Gasteiger partial charge in [-0.3, -0.25) is 4.79 Å². The van der Waals surface area contributed by atoms with Gasteiger partial charge < -0.3 is 14.4 Å². The van der Waals surface area contributed by atoms with Crippen molar-refractivity contribution in [1.29, 1.82) is 0 Å². The molecule has 4 nitrogen and oxygen atoms in total. The highest BCUT2D eigenvalue weighted by molar-refractivity contribution is 5.79. The van der Waals surface area contributed by atoms with E-state index in [1.165, 1.54) is 11.1 Å². The molecule has 0 radical (unpaired) electrons. The first kappa shape index (κ1) is 16.4. The molecule has 3 rings (SSSR count). The summed E-state index contributed by atoms with van der Waals surface area (Å²) in [7, 11) is 3.28. The van der Waals surface area contributed by atoms with Crippen LogP contribution < -0.4 is 9.47 Å². The fraction of sp³-hybridized carbons (Fsp3) is 0.350. The van der Waals surface area contributed by atoms with Crippen LogP contribution in [0.2, 0.25) is 0 Å². The lowest BCUT2D eigenvalue weighted by Crippen LogP contribution is -2.37. The van der Waals surface area contributed by atoms with Crippen LogP contribution in [-0.4, -0.2) is 31.6 Å². The zero-order valence-electron chi connectivity index (χ0n) is 14.5. The quantitative estimate of drug-likeness (QED) is 0.867. The predicted molar refractivity (Wildman–Crippen MR) is 93.6 cm³/mol. The molecule has 0 N–H and O–H groups in total. The Bertz CT molecular complexity index is 755. The summed E-state index contributed by atoms with van der Waals surface area (Å²) in [5.41, 5.74) is 4.61. The first-order chi connectivity index (χ1) is 11.6. The topological polar surface area (TPSA) is 38.8 Å². The first-order valence-electron chi connectivity index (χ1n) is 8.18. The number of ether oxygens (including phenoxy) is 2. The molecular weight excluding hydrogens is 302 g/mol. The van der Waals surface area contributed by atoms with Crippen LogP contribution in [0.4, 0.5) is 0 Å². The summed E-state index contributed by atoms with van der Waals surface area (Å²) in [5.74, 6) is 1.63. The molecule has 4 heteroatoms. The molecule has 0 spiro atoms. The van der Waals surface area contributed by atoms with Crippen molar-refractivity contribution in [3.63, 3.8) is 0 Å². The minimum absolute atomic E-state index is 0.168. The van der Waals surface area contributed by atoms with Gasteiger partial charge >= 0.3 is 0 Å². The highest BCUT2D eigenvalue weighted by Crippen LogP contribution is 2.33. The zero-order chi connectivity index (χ0) is 17.1. The molecule has 0 unspecified atom stereocenters. The Balaban J connectivity index is 1.75. The number of hydrogen-bond acceptors (Lipinski definition) is 3. The first-order valence-corrected chi connectivity index (χ1v) is 8.18. The number of hydrogen-bond donors (Lipinski definition) is 0. The van der Waals surface area contributed by atoms with Crippen molar-refractivity contribution < 1.29 is 14.3 Å². The molecule has 1 aliphatic rings. The number of nitrogens with zero attached hydrogens (tertiary/aromatic N) is 1. The highest BCUT2D eigenvalue weighted by Gasteiger charge is 2.22. The third kappa shape index (κ3) is 3.37. The summed E-state index contributed by atoms with van der Waals surface area (Å²) in [4.78, 5) is 14.6. The third-order valence-electron chi connectivity index (χ3n) is 4.51. The van der Waals surface area contributed by atoms with E-state index in [0.717, 1.165) is 29.8 Å². The minimum atomic E-state index is 0.168. The molecular formula is C20H23NO3. The number of rotatable bonds is 4. The molecule has 1 amide bonds. The average Bonchev–Trinajstić information content (AvgIpc) is 2.59. The molecule has 0 bridgehead atoms. The number of benzene rings is 2. The SMILES string of the molecule is COc1cc2c(cc1OC)CN(C(=O)Cc1cccc(C)c1)CC2. The Labute approximate surface area is 143 Å². The number of carbonyl (C=O) groups excluding carboxylic acids is 1. The second kappa shape index (κ2) is 6.95. The van der Waals surface area contributed by atoms with Crippen molar-refractivity contribution in [3.05, 3.63) is 58.7 Å². The number of aryl methyl sites for hydroxylation is 1. The van der Waals surface area contributed by atoms with Gasteiger partial charge in [0.25, 0.3) is 0 Å². The van der Waals surface area contributed by atoms with Crippen molar-refractivity contribution in [2.24, 2.45) is 0 Å². The predicted octanol–water partition coefficient (Wildman–Crippen LogP) is 3.14. The zero-order valence-corrected chi connectivity index (χ0v) is 14.5. The Morgan fingerprint density at radius 2 is 1.79 bits per heavy atom. The normalized spacial score (nSPS) is 13.4. The molecule has 1 heterocycles. The Morgan fingerprint density at radius 3 is 2.46 bits per heavy atom. The summed E-state index contributed by atoms with van der Waals surface area (Å²) >= 11 is 0. The van der Waals surface area contributed by atoms with Crippen molar-refractivity contribution in [2.45, 2.75) is 26.3 Å². The molecule has 24 heavy (non-hydrogen) atoms. The molecule has 126 valence electrons. The molecule has 1 aliphatic heterocycles. The van der Waals surface area contributed by atoms with E-state index in [1.807, 2.05) is 42.2 Å². The van der Waals surface area contributed by atoms with Crippen LogP contribution in [0.25, 0.3) is 0 Å². The summed E-state index contributed by atoms with van der Waals surface area (Å²) in [6.07, 6.45) is 1.29. The molecule has 0 saturated heterocycles. The minimum Gasteiger partial charge on any atom is -0.493 e. The van der Waals surface area contributed by atoms with Gasteiger partial charge in [-0.25, -0.2) is 0 Å². The van der Waals surface area contributed by atoms with Crippen LogP contribution in [0.3, 0.4) is 0 Å². The summed E-state index contributed by atoms with van der Waals surface area (Å²) in [5, 5.41) is 0. The maximum Gasteiger partial charge on any atom is 0.227 e. The highest BCUT2D eigenvalue weighted by atomic mass is 16.5. The fourth-order valence-corrected chi connectivity index (χ4v) is 3.20. The van der Waals surface area contributed by atoms with E-state index in [9.17, 15) is 4.79 Å². The van der Waals surface area contributed by atoms with E-state index in [-0.39, 0.29) is 5.91 Å². The van der Waals surface area contributed by atoms with Crippen LogP contribution in [-0.2, 0) is 24.2 Å². The van der Waals surface area contributed by atoms with Gasteiger partial charge in [0.2, 0.25) is 5.91 Å². The lowest BCUT2D eigenvalue weighted by Gasteiger charge is -2.29. The number of amides is 1. The van der Waals surface area contributed by atoms with E-state index in [0.29, 0.717) is 18.7 Å². The standard InChI is InChI=1S/C20H23NO3/c1-14-5-4-6-15(9-14)10-20(22)21-8-7-16-11-18(23-2)19(24-3)12-17(16)13-21/h4-6,9,11-12H,7-8,10,13H2,1-3H3. The maximum atomic E-state index is 12.6. The molecule has 0 saturated carbocycles. The average molecular weight is 325 g/mol. The monoisotopic (exact) mass is 325 g/mol. The van der Waals surface area contributed by atoms with E-state index in [4.69, 9.17) is 9.47 Å². The van der Waals surface area contributed by atoms with Crippen molar-refractivity contribution >= 4 is 5.91 Å². The van der Waals surface area contributed by atoms with Gasteiger partial charge in [-0.05, 0) is 42.2 Å². The largest absolute Gasteiger partial charge is 0.493 e. The van der Waals surface area contributed by atoms with Crippen LogP contribution in [0.1, 0.15) is 22.3 Å². The van der Waals surface area contributed by atoms with Crippen molar-refractivity contribution in [2.75, 3.05) is 20.8 Å². The lowest BCUT2D eigenvalue weighted by molar-refractivity contribution is -0.131. The van der Waals surface area contributed by atoms with Gasteiger partial charge in [0.15, 0.2) is 11.5 Å². The molecule has 2 aromatic carbocycles. The van der Waals surface area contributed by atoms with Gasteiger partial charge in [-0.2, -0.15) is 0 Å². The summed E-state index contributed by atoms with van der Waals surface area (Å²) in [6.45, 7) is 3.41. The lowest BCUT2D eigenvalue weighted by atomic mass is 9.98. The van der Waals surface area contributed by atoms with E-state index >= 15 is 0 Å². The van der Waals surface area contributed by atoms with Gasteiger partial charge in [-0.15, -0.1) is 0 Å². The molecule has 0 aromatic heterocycles. The molecule has 0 atom stereocenters. The second-order valence-corrected chi connectivity index (χ2v) is 6.21. The molecule has 2 aromatic rings. The van der Waals surface area contributed by atoms with Gasteiger partial charge in [-0.1, -0.05) is 29.8 Å². The fourth-order valence-electron chi connectivity index (χ4n) is 3.20. The maximum absolute atomic E-state index is 12.6. The van der Waals surface area contributed by atoms with Crippen LogP contribution in [0.5, 0.6) is 11.5 Å². The number of carbonyl (C=O) groups is 1. The van der Waals surface area contributed by atoms with Gasteiger partial charge in [0.05, 0.1) is 20.6 Å². The summed E-state index contributed by atoms with van der Waals surface area (Å²) < 4.78 is 10.7. The van der Waals surface area contributed by atoms with Crippen LogP contribution in [0, 0.1) is 6.92 Å². The smallest absolute Gasteiger partial charge is 0.227 e. The van der Waals surface area contributed by atoms with E-state index in [1.54, 1.807) is 14.2 Å². The summed E-state index contributed by atoms with van der Waals surface area (Å²) in [6, 6.07) is 12.1. The number of methoxy groups -OCH3 is 2. The Kier molecular flexibility index (Phi) is 4.74. The van der Waals surface area contributed by atoms with E-state index in [2.05, 4.69) is 6.07 Å². The van der Waals surface area contributed by atoms with Gasteiger partial charge in [0, 0.05) is 13.1 Å². The van der Waals surface area contributed by atoms with Crippen LogP contribution in [0.15, 0.2) is 36.4 Å². The Hall–Kier alpha value is -2.49. The second-order valence-electron chi connectivity index (χ2n) is 6.21.